The Labute approximate surface area is 91.1 Å². The van der Waals surface area contributed by atoms with Crippen molar-refractivity contribution >= 4 is 21.7 Å². The molecular formula is C7H9N5O3S. The Morgan fingerprint density at radius 1 is 1.56 bits per heavy atom. The van der Waals surface area contributed by atoms with E-state index in [1.54, 1.807) is 7.05 Å². The van der Waals surface area contributed by atoms with Gasteiger partial charge < -0.3 is 10.3 Å². The van der Waals surface area contributed by atoms with Crippen LogP contribution in [0.2, 0.25) is 0 Å². The molecule has 2 aromatic rings. The SMILES string of the molecule is Cn1cc(S(=O)(=O)Nc2ccon2)c(N)n1. The van der Waals surface area contributed by atoms with Gasteiger partial charge >= 0.3 is 0 Å². The number of aryl methyl sites for hydroxylation is 1. The van der Waals surface area contributed by atoms with Crippen LogP contribution in [0, 0.1) is 0 Å². The summed E-state index contributed by atoms with van der Waals surface area (Å²) < 4.78 is 31.6. The summed E-state index contributed by atoms with van der Waals surface area (Å²) in [5.41, 5.74) is 5.46. The summed E-state index contributed by atoms with van der Waals surface area (Å²) >= 11 is 0. The first-order chi connectivity index (χ1) is 7.49. The van der Waals surface area contributed by atoms with Gasteiger partial charge in [0, 0.05) is 19.3 Å². The molecule has 0 aliphatic rings. The zero-order valence-corrected chi connectivity index (χ0v) is 9.10. The van der Waals surface area contributed by atoms with Crippen molar-refractivity contribution in [2.24, 2.45) is 7.05 Å². The molecule has 0 aliphatic carbocycles. The van der Waals surface area contributed by atoms with E-state index in [1.165, 1.54) is 23.2 Å². The van der Waals surface area contributed by atoms with Crippen LogP contribution >= 0.6 is 0 Å². The summed E-state index contributed by atoms with van der Waals surface area (Å²) in [7, 11) is -2.20. The van der Waals surface area contributed by atoms with Crippen molar-refractivity contribution < 1.29 is 12.9 Å². The van der Waals surface area contributed by atoms with Crippen LogP contribution in [-0.2, 0) is 17.1 Å². The summed E-state index contributed by atoms with van der Waals surface area (Å²) in [6.45, 7) is 0. The van der Waals surface area contributed by atoms with Crippen LogP contribution in [-0.4, -0.2) is 23.4 Å². The van der Waals surface area contributed by atoms with Crippen LogP contribution in [0.1, 0.15) is 0 Å². The summed E-state index contributed by atoms with van der Waals surface area (Å²) in [6, 6.07) is 1.38. The molecule has 0 fully saturated rings. The molecule has 2 heterocycles. The molecule has 86 valence electrons. The van der Waals surface area contributed by atoms with Gasteiger partial charge in [0.1, 0.15) is 11.2 Å². The van der Waals surface area contributed by atoms with E-state index in [4.69, 9.17) is 5.73 Å². The van der Waals surface area contributed by atoms with Crippen molar-refractivity contribution in [3.8, 4) is 0 Å². The van der Waals surface area contributed by atoms with Crippen LogP contribution < -0.4 is 10.5 Å². The first-order valence-corrected chi connectivity index (χ1v) is 5.70. The first kappa shape index (κ1) is 10.5. The number of hydrogen-bond acceptors (Lipinski definition) is 6. The highest BCUT2D eigenvalue weighted by Crippen LogP contribution is 2.18. The second-order valence-corrected chi connectivity index (χ2v) is 4.69. The smallest absolute Gasteiger partial charge is 0.268 e. The molecule has 2 aromatic heterocycles. The Morgan fingerprint density at radius 2 is 2.31 bits per heavy atom. The van der Waals surface area contributed by atoms with Crippen LogP contribution in [0.25, 0.3) is 0 Å². The molecule has 3 N–H and O–H groups in total. The van der Waals surface area contributed by atoms with Crippen molar-refractivity contribution in [1.82, 2.24) is 14.9 Å². The fraction of sp³-hybridized carbons (Fsp3) is 0.143. The van der Waals surface area contributed by atoms with Gasteiger partial charge in [-0.3, -0.25) is 9.40 Å². The lowest BCUT2D eigenvalue weighted by atomic mass is 10.7. The van der Waals surface area contributed by atoms with Crippen LogP contribution in [0.5, 0.6) is 0 Å². The van der Waals surface area contributed by atoms with E-state index in [-0.39, 0.29) is 16.5 Å². The second kappa shape index (κ2) is 3.52. The molecule has 2 rings (SSSR count). The van der Waals surface area contributed by atoms with E-state index >= 15 is 0 Å². The number of nitrogens with two attached hydrogens (primary N) is 1. The number of aromatic nitrogens is 3. The third-order valence-electron chi connectivity index (χ3n) is 1.79. The van der Waals surface area contributed by atoms with Crippen molar-refractivity contribution in [2.75, 3.05) is 10.5 Å². The third-order valence-corrected chi connectivity index (χ3v) is 3.16. The molecule has 0 saturated carbocycles. The summed E-state index contributed by atoms with van der Waals surface area (Å²) in [5, 5.41) is 7.17. The lowest BCUT2D eigenvalue weighted by Gasteiger charge is -2.01. The van der Waals surface area contributed by atoms with Gasteiger partial charge in [-0.25, -0.2) is 8.42 Å². The molecule has 0 aliphatic heterocycles. The Kier molecular flexibility index (Phi) is 2.31. The summed E-state index contributed by atoms with van der Waals surface area (Å²) in [5.74, 6) is 0.0155. The van der Waals surface area contributed by atoms with Gasteiger partial charge in [0.05, 0.1) is 0 Å². The van der Waals surface area contributed by atoms with Gasteiger partial charge in [-0.1, -0.05) is 5.16 Å². The second-order valence-electron chi connectivity index (χ2n) is 3.04. The number of rotatable bonds is 3. The Balaban J connectivity index is 2.36. The minimum absolute atomic E-state index is 0.0708. The predicted molar refractivity (Wildman–Crippen MR) is 54.9 cm³/mol. The number of hydrogen-bond donors (Lipinski definition) is 2. The van der Waals surface area contributed by atoms with Gasteiger partial charge in [0.2, 0.25) is 0 Å². The maximum absolute atomic E-state index is 11.8. The molecule has 9 heteroatoms. The largest absolute Gasteiger partial charge is 0.381 e. The Bertz CT molecular complexity index is 586. The van der Waals surface area contributed by atoms with E-state index in [0.717, 1.165) is 0 Å². The highest BCUT2D eigenvalue weighted by Gasteiger charge is 2.21. The van der Waals surface area contributed by atoms with Crippen molar-refractivity contribution in [3.63, 3.8) is 0 Å². The zero-order valence-electron chi connectivity index (χ0n) is 8.28. The quantitative estimate of drug-likeness (QED) is 0.770. The number of nitrogens with one attached hydrogen (secondary N) is 1. The average molecular weight is 243 g/mol. The predicted octanol–water partition coefficient (Wildman–Crippen LogP) is -0.209. The van der Waals surface area contributed by atoms with E-state index in [1.807, 2.05) is 0 Å². The van der Waals surface area contributed by atoms with Gasteiger partial charge in [-0.15, -0.1) is 0 Å². The third kappa shape index (κ3) is 1.84. The topological polar surface area (TPSA) is 116 Å². The fourth-order valence-corrected chi connectivity index (χ4v) is 2.25. The maximum atomic E-state index is 11.8. The molecule has 0 unspecified atom stereocenters. The van der Waals surface area contributed by atoms with Gasteiger partial charge in [-0.05, 0) is 0 Å². The van der Waals surface area contributed by atoms with Gasteiger partial charge in [0.25, 0.3) is 10.0 Å². The minimum Gasteiger partial charge on any atom is -0.381 e. The molecule has 0 bridgehead atoms. The standard InChI is InChI=1S/C7H9N5O3S/c1-12-4-5(7(8)9-12)16(13,14)11-6-2-3-15-10-6/h2-4H,1H3,(H2,8,9)(H,10,11). The molecule has 0 radical (unpaired) electrons. The van der Waals surface area contributed by atoms with Crippen molar-refractivity contribution in [2.45, 2.75) is 4.90 Å². The molecule has 0 saturated heterocycles. The first-order valence-electron chi connectivity index (χ1n) is 4.21. The zero-order chi connectivity index (χ0) is 11.8. The number of anilines is 2. The van der Waals surface area contributed by atoms with Gasteiger partial charge in [0.15, 0.2) is 11.6 Å². The van der Waals surface area contributed by atoms with Crippen LogP contribution in [0.4, 0.5) is 11.6 Å². The molecule has 0 amide bonds. The molecule has 8 nitrogen and oxygen atoms in total. The van der Waals surface area contributed by atoms with Crippen LogP contribution in [0.3, 0.4) is 0 Å². The Morgan fingerprint density at radius 3 is 2.81 bits per heavy atom. The molecule has 16 heavy (non-hydrogen) atoms. The van der Waals surface area contributed by atoms with Crippen molar-refractivity contribution in [1.29, 1.82) is 0 Å². The monoisotopic (exact) mass is 243 g/mol. The number of nitrogen functional groups attached to an aromatic ring is 1. The minimum atomic E-state index is -3.77. The highest BCUT2D eigenvalue weighted by molar-refractivity contribution is 7.92. The average Bonchev–Trinajstić information content (AvgIpc) is 2.75. The van der Waals surface area contributed by atoms with E-state index in [2.05, 4.69) is 19.5 Å². The van der Waals surface area contributed by atoms with Crippen molar-refractivity contribution in [3.05, 3.63) is 18.5 Å². The summed E-state index contributed by atoms with van der Waals surface area (Å²) in [6.07, 6.45) is 2.56. The van der Waals surface area contributed by atoms with E-state index < -0.39 is 10.0 Å². The molecular weight excluding hydrogens is 234 g/mol. The Hall–Kier alpha value is -2.03. The fourth-order valence-electron chi connectivity index (χ4n) is 1.15. The highest BCUT2D eigenvalue weighted by atomic mass is 32.2. The number of nitrogens with zero attached hydrogens (tertiary/aromatic N) is 3. The molecule has 0 atom stereocenters. The van der Waals surface area contributed by atoms with E-state index in [0.29, 0.717) is 0 Å². The molecule has 0 spiro atoms. The lowest BCUT2D eigenvalue weighted by molar-refractivity contribution is 0.423. The summed E-state index contributed by atoms with van der Waals surface area (Å²) in [4.78, 5) is -0.0991. The normalized spacial score (nSPS) is 11.6. The van der Waals surface area contributed by atoms with Gasteiger partial charge in [-0.2, -0.15) is 5.10 Å². The number of sulfonamides is 1. The lowest BCUT2D eigenvalue weighted by Crippen LogP contribution is -2.14. The maximum Gasteiger partial charge on any atom is 0.268 e. The molecule has 0 aromatic carbocycles. The van der Waals surface area contributed by atoms with E-state index in [9.17, 15) is 8.42 Å². The van der Waals surface area contributed by atoms with Crippen LogP contribution in [0.15, 0.2) is 27.9 Å².